The van der Waals surface area contributed by atoms with Crippen molar-refractivity contribution in [3.05, 3.63) is 29.7 Å². The second kappa shape index (κ2) is 9.23. The number of methoxy groups -OCH3 is 2. The second-order valence-corrected chi connectivity index (χ2v) is 8.22. The van der Waals surface area contributed by atoms with E-state index in [0.29, 0.717) is 28.8 Å². The molecule has 0 saturated carbocycles. The van der Waals surface area contributed by atoms with Crippen LogP contribution in [0, 0.1) is 6.92 Å². The van der Waals surface area contributed by atoms with E-state index in [1.165, 1.54) is 0 Å². The molecule has 1 aliphatic heterocycles. The molecule has 0 bridgehead atoms. The highest BCUT2D eigenvalue weighted by Gasteiger charge is 2.21. The molecule has 1 aliphatic rings. The molecule has 1 saturated heterocycles. The number of aromatic nitrogens is 1. The van der Waals surface area contributed by atoms with E-state index in [4.69, 9.17) is 13.9 Å². The summed E-state index contributed by atoms with van der Waals surface area (Å²) in [5, 5.41) is 0. The van der Waals surface area contributed by atoms with E-state index in [0.717, 1.165) is 37.9 Å². The first-order valence-electron chi connectivity index (χ1n) is 9.33. The van der Waals surface area contributed by atoms with Crippen LogP contribution in [-0.4, -0.2) is 53.1 Å². The van der Waals surface area contributed by atoms with Crippen molar-refractivity contribution in [3.63, 3.8) is 0 Å². The average Bonchev–Trinajstić information content (AvgIpc) is 3.08. The fourth-order valence-corrected chi connectivity index (χ4v) is 4.36. The molecule has 0 spiro atoms. The number of amides is 1. The van der Waals surface area contributed by atoms with Crippen molar-refractivity contribution >= 4 is 16.7 Å². The van der Waals surface area contributed by atoms with Gasteiger partial charge in [-0.25, -0.2) is 4.98 Å². The number of nitrogens with zero attached hydrogens (tertiary/aromatic N) is 2. The maximum absolute atomic E-state index is 12.5. The Hall–Kier alpha value is -2.35. The summed E-state index contributed by atoms with van der Waals surface area (Å²) in [5.74, 6) is 2.40. The number of rotatable bonds is 7. The van der Waals surface area contributed by atoms with Crippen LogP contribution in [0.2, 0.25) is 0 Å². The van der Waals surface area contributed by atoms with Crippen LogP contribution in [0.1, 0.15) is 30.7 Å². The minimum absolute atomic E-state index is 0.0258. The number of hydrogen-bond acceptors (Lipinski definition) is 6. The quantitative estimate of drug-likeness (QED) is 0.703. The van der Waals surface area contributed by atoms with E-state index in [1.807, 2.05) is 11.0 Å². The summed E-state index contributed by atoms with van der Waals surface area (Å²) >= 11 is 0. The molecule has 0 unspecified atom stereocenters. The number of ether oxygens (including phenoxy) is 2. The van der Waals surface area contributed by atoms with Crippen LogP contribution in [0.3, 0.4) is 0 Å². The third-order valence-electron chi connectivity index (χ3n) is 4.81. The first-order chi connectivity index (χ1) is 13.5. The number of piperidine rings is 1. The zero-order chi connectivity index (χ0) is 20.1. The molecule has 7 nitrogen and oxygen atoms in total. The normalized spacial score (nSPS) is 15.3. The zero-order valence-corrected chi connectivity index (χ0v) is 17.3. The molecule has 2 heterocycles. The minimum Gasteiger partial charge on any atom is -0.493 e. The van der Waals surface area contributed by atoms with Gasteiger partial charge < -0.3 is 18.8 Å². The van der Waals surface area contributed by atoms with Gasteiger partial charge in [0.2, 0.25) is 11.8 Å². The number of aryl methyl sites for hydroxylation is 1. The highest BCUT2D eigenvalue weighted by Crippen LogP contribution is 2.32. The van der Waals surface area contributed by atoms with E-state index in [1.54, 1.807) is 33.3 Å². The molecule has 1 fully saturated rings. The Morgan fingerprint density at radius 1 is 1.18 bits per heavy atom. The van der Waals surface area contributed by atoms with Gasteiger partial charge in [-0.3, -0.25) is 9.00 Å². The molecule has 8 heteroatoms. The first kappa shape index (κ1) is 20.4. The molecule has 0 radical (unpaired) electrons. The summed E-state index contributed by atoms with van der Waals surface area (Å²) in [4.78, 5) is 18.6. The number of hydrogen-bond donors (Lipinski definition) is 0. The van der Waals surface area contributed by atoms with Crippen molar-refractivity contribution < 1.29 is 22.9 Å². The van der Waals surface area contributed by atoms with Gasteiger partial charge in [-0.1, -0.05) is 0 Å². The van der Waals surface area contributed by atoms with Gasteiger partial charge >= 0.3 is 0 Å². The van der Waals surface area contributed by atoms with Crippen molar-refractivity contribution in [2.24, 2.45) is 0 Å². The van der Waals surface area contributed by atoms with Gasteiger partial charge in [-0.15, -0.1) is 0 Å². The molecule has 2 aromatic rings. The predicted molar refractivity (Wildman–Crippen MR) is 107 cm³/mol. The smallest absolute Gasteiger partial charge is 0.235 e. The monoisotopic (exact) mass is 406 g/mol. The maximum atomic E-state index is 12.5. The zero-order valence-electron chi connectivity index (χ0n) is 16.5. The van der Waals surface area contributed by atoms with Crippen LogP contribution in [-0.2, 0) is 21.3 Å². The topological polar surface area (TPSA) is 81.9 Å². The van der Waals surface area contributed by atoms with Gasteiger partial charge in [0.1, 0.15) is 11.5 Å². The first-order valence-corrected chi connectivity index (χ1v) is 10.8. The van der Waals surface area contributed by atoms with Crippen LogP contribution in [0.25, 0.3) is 11.5 Å². The van der Waals surface area contributed by atoms with Crippen LogP contribution in [0.15, 0.2) is 22.6 Å². The van der Waals surface area contributed by atoms with Crippen molar-refractivity contribution in [3.8, 4) is 23.0 Å². The standard InChI is InChI=1S/C20H26N2O5S/c1-14-16(12-28(24)13-19(23)22-9-5-4-6-10-22)21-20(27-14)15-7-8-17(25-2)18(11-15)26-3/h7-8,11H,4-6,9-10,12-13H2,1-3H3/t28-/m1/s1. The number of likely N-dealkylation sites (tertiary alicyclic amines) is 1. The van der Waals surface area contributed by atoms with E-state index >= 15 is 0 Å². The third-order valence-corrected chi connectivity index (χ3v) is 5.98. The average molecular weight is 407 g/mol. The molecule has 0 N–H and O–H groups in total. The number of carbonyl (C=O) groups is 1. The molecular formula is C20H26N2O5S. The highest BCUT2D eigenvalue weighted by atomic mass is 32.2. The van der Waals surface area contributed by atoms with Crippen molar-refractivity contribution in [2.45, 2.75) is 31.9 Å². The Balaban J connectivity index is 1.68. The Morgan fingerprint density at radius 3 is 2.57 bits per heavy atom. The molecule has 1 amide bonds. The van der Waals surface area contributed by atoms with E-state index in [2.05, 4.69) is 4.98 Å². The van der Waals surface area contributed by atoms with Crippen LogP contribution in [0.5, 0.6) is 11.5 Å². The number of carbonyl (C=O) groups excluding carboxylic acids is 1. The largest absolute Gasteiger partial charge is 0.493 e. The minimum atomic E-state index is -1.33. The summed E-state index contributed by atoms with van der Waals surface area (Å²) in [6, 6.07) is 5.39. The molecule has 3 rings (SSSR count). The van der Waals surface area contributed by atoms with E-state index < -0.39 is 10.8 Å². The lowest BCUT2D eigenvalue weighted by atomic mass is 10.1. The predicted octanol–water partition coefficient (Wildman–Crippen LogP) is 2.93. The van der Waals surface area contributed by atoms with Gasteiger partial charge in [0.25, 0.3) is 0 Å². The summed E-state index contributed by atoms with van der Waals surface area (Å²) in [7, 11) is 1.82. The van der Waals surface area contributed by atoms with Crippen LogP contribution >= 0.6 is 0 Å². The SMILES string of the molecule is COc1ccc(-c2nc(C[S@@](=O)CC(=O)N3CCCCC3)c(C)o2)cc1OC. The lowest BCUT2D eigenvalue weighted by Gasteiger charge is -2.26. The van der Waals surface area contributed by atoms with Crippen LogP contribution < -0.4 is 9.47 Å². The lowest BCUT2D eigenvalue weighted by Crippen LogP contribution is -2.38. The van der Waals surface area contributed by atoms with Gasteiger partial charge in [0.15, 0.2) is 11.5 Å². The summed E-state index contributed by atoms with van der Waals surface area (Å²) in [5.41, 5.74) is 1.34. The molecule has 152 valence electrons. The highest BCUT2D eigenvalue weighted by molar-refractivity contribution is 7.84. The second-order valence-electron chi connectivity index (χ2n) is 6.76. The van der Waals surface area contributed by atoms with Crippen molar-refractivity contribution in [1.82, 2.24) is 9.88 Å². The van der Waals surface area contributed by atoms with E-state index in [9.17, 15) is 9.00 Å². The van der Waals surface area contributed by atoms with Gasteiger partial charge in [-0.05, 0) is 44.4 Å². The molecule has 1 atom stereocenters. The Morgan fingerprint density at radius 2 is 1.89 bits per heavy atom. The molecule has 1 aromatic heterocycles. The summed E-state index contributed by atoms with van der Waals surface area (Å²) in [6.45, 7) is 3.32. The fourth-order valence-electron chi connectivity index (χ4n) is 3.23. The maximum Gasteiger partial charge on any atom is 0.235 e. The van der Waals surface area contributed by atoms with Gasteiger partial charge in [0.05, 0.1) is 25.7 Å². The Labute approximate surface area is 167 Å². The van der Waals surface area contributed by atoms with Crippen LogP contribution in [0.4, 0.5) is 0 Å². The molecule has 1 aromatic carbocycles. The Bertz CT molecular complexity index is 858. The van der Waals surface area contributed by atoms with Crippen molar-refractivity contribution in [1.29, 1.82) is 0 Å². The summed E-state index contributed by atoms with van der Waals surface area (Å²) in [6.07, 6.45) is 3.20. The number of benzene rings is 1. The summed E-state index contributed by atoms with van der Waals surface area (Å²) < 4.78 is 28.8. The molecule has 0 aliphatic carbocycles. The van der Waals surface area contributed by atoms with Crippen molar-refractivity contribution in [2.75, 3.05) is 33.1 Å². The number of oxazole rings is 1. The van der Waals surface area contributed by atoms with Gasteiger partial charge in [-0.2, -0.15) is 0 Å². The Kier molecular flexibility index (Phi) is 6.72. The molecule has 28 heavy (non-hydrogen) atoms. The lowest BCUT2D eigenvalue weighted by molar-refractivity contribution is -0.129. The van der Waals surface area contributed by atoms with E-state index in [-0.39, 0.29) is 17.4 Å². The third kappa shape index (κ3) is 4.73. The molecular weight excluding hydrogens is 380 g/mol. The fraction of sp³-hybridized carbons (Fsp3) is 0.500. The van der Waals surface area contributed by atoms with Gasteiger partial charge in [0, 0.05) is 29.5 Å².